The summed E-state index contributed by atoms with van der Waals surface area (Å²) in [7, 11) is 0. The summed E-state index contributed by atoms with van der Waals surface area (Å²) in [6.45, 7) is 2.31. The van der Waals surface area contributed by atoms with Crippen LogP contribution in [0.4, 0.5) is 11.4 Å². The molecule has 0 unspecified atom stereocenters. The number of nitrogens with one attached hydrogen (secondary N) is 2. The minimum atomic E-state index is 0.509. The molecule has 0 amide bonds. The Hall–Kier alpha value is -2.08. The van der Waals surface area contributed by atoms with Crippen LogP contribution < -0.4 is 22.3 Å². The topological polar surface area (TPSA) is 85.3 Å². The summed E-state index contributed by atoms with van der Waals surface area (Å²) in [5.74, 6) is 0. The highest BCUT2D eigenvalue weighted by atomic mass is 16.5. The molecular formula is C16H22N4O. The molecule has 0 saturated heterocycles. The Morgan fingerprint density at radius 1 is 0.952 bits per heavy atom. The molecule has 0 aliphatic rings. The van der Waals surface area contributed by atoms with E-state index >= 15 is 0 Å². The maximum Gasteiger partial charge on any atom is 0.0737 e. The third-order valence-corrected chi connectivity index (χ3v) is 3.14. The highest BCUT2D eigenvalue weighted by molar-refractivity contribution is 5.50. The van der Waals surface area contributed by atoms with Crippen molar-refractivity contribution in [3.63, 3.8) is 0 Å². The molecular weight excluding hydrogens is 264 g/mol. The van der Waals surface area contributed by atoms with Gasteiger partial charge in [-0.25, -0.2) is 5.43 Å². The zero-order valence-electron chi connectivity index (χ0n) is 12.0. The number of hydrogen-bond acceptors (Lipinski definition) is 5. The van der Waals surface area contributed by atoms with Gasteiger partial charge in [0.05, 0.1) is 18.9 Å². The summed E-state index contributed by atoms with van der Waals surface area (Å²) < 4.78 is 5.59. The number of hydrogen-bond donors (Lipinski definition) is 4. The van der Waals surface area contributed by atoms with Crippen molar-refractivity contribution in [3.05, 3.63) is 59.7 Å². The fraction of sp³-hybridized carbons (Fsp3) is 0.250. The molecule has 2 rings (SSSR count). The van der Waals surface area contributed by atoms with Crippen LogP contribution in [0.5, 0.6) is 0 Å². The van der Waals surface area contributed by atoms with E-state index in [2.05, 4.69) is 10.9 Å². The lowest BCUT2D eigenvalue weighted by Gasteiger charge is -2.12. The zero-order valence-corrected chi connectivity index (χ0v) is 12.0. The molecule has 0 aromatic heterocycles. The number of anilines is 2. The second-order valence-corrected chi connectivity index (χ2v) is 4.66. The maximum absolute atomic E-state index is 5.85. The molecule has 0 fully saturated rings. The number of rotatable bonds is 8. The molecule has 0 heterocycles. The van der Waals surface area contributed by atoms with Crippen LogP contribution in [0.1, 0.15) is 11.1 Å². The molecule has 0 radical (unpaired) electrons. The van der Waals surface area contributed by atoms with E-state index in [0.29, 0.717) is 26.3 Å². The average molecular weight is 286 g/mol. The highest BCUT2D eigenvalue weighted by Gasteiger charge is 1.99. The average Bonchev–Trinajstić information content (AvgIpc) is 2.52. The van der Waals surface area contributed by atoms with Gasteiger partial charge in [-0.1, -0.05) is 36.4 Å². The molecule has 112 valence electrons. The Morgan fingerprint density at radius 2 is 1.67 bits per heavy atom. The van der Waals surface area contributed by atoms with Crippen LogP contribution >= 0.6 is 0 Å². The van der Waals surface area contributed by atoms with Gasteiger partial charge in [0.25, 0.3) is 0 Å². The predicted molar refractivity (Wildman–Crippen MR) is 86.5 cm³/mol. The predicted octanol–water partition coefficient (Wildman–Crippen LogP) is 1.86. The Labute approximate surface area is 125 Å². The Morgan fingerprint density at radius 3 is 2.43 bits per heavy atom. The zero-order chi connectivity index (χ0) is 14.9. The van der Waals surface area contributed by atoms with Crippen molar-refractivity contribution in [2.75, 3.05) is 24.3 Å². The minimum absolute atomic E-state index is 0.509. The van der Waals surface area contributed by atoms with Crippen molar-refractivity contribution in [2.45, 2.75) is 13.2 Å². The number of para-hydroxylation sites is 2. The maximum atomic E-state index is 5.85. The SMILES string of the molecule is NCc1ccccc1NNCCOCc1ccccc1N. The van der Waals surface area contributed by atoms with E-state index in [0.717, 1.165) is 22.5 Å². The summed E-state index contributed by atoms with van der Waals surface area (Å²) in [4.78, 5) is 0. The molecule has 21 heavy (non-hydrogen) atoms. The number of nitrogen functional groups attached to an aromatic ring is 1. The fourth-order valence-corrected chi connectivity index (χ4v) is 1.95. The molecule has 2 aromatic rings. The first-order valence-corrected chi connectivity index (χ1v) is 6.99. The molecule has 5 nitrogen and oxygen atoms in total. The van der Waals surface area contributed by atoms with E-state index in [1.54, 1.807) is 0 Å². The lowest BCUT2D eigenvalue weighted by atomic mass is 10.2. The van der Waals surface area contributed by atoms with Crippen LogP contribution in [-0.4, -0.2) is 13.2 Å². The second kappa shape index (κ2) is 8.26. The van der Waals surface area contributed by atoms with Crippen molar-refractivity contribution in [1.29, 1.82) is 0 Å². The van der Waals surface area contributed by atoms with Gasteiger partial charge in [-0.2, -0.15) is 0 Å². The third kappa shape index (κ3) is 4.75. The fourth-order valence-electron chi connectivity index (χ4n) is 1.95. The van der Waals surface area contributed by atoms with Crippen LogP contribution in [0.15, 0.2) is 48.5 Å². The first kappa shape index (κ1) is 15.3. The lowest BCUT2D eigenvalue weighted by Crippen LogP contribution is -2.26. The normalized spacial score (nSPS) is 10.5. The van der Waals surface area contributed by atoms with E-state index in [-0.39, 0.29) is 0 Å². The first-order chi connectivity index (χ1) is 10.3. The molecule has 0 saturated carbocycles. The molecule has 0 aliphatic heterocycles. The Kier molecular flexibility index (Phi) is 6.02. The summed E-state index contributed by atoms with van der Waals surface area (Å²) in [6, 6.07) is 15.6. The lowest BCUT2D eigenvalue weighted by molar-refractivity contribution is 0.124. The summed E-state index contributed by atoms with van der Waals surface area (Å²) >= 11 is 0. The van der Waals surface area contributed by atoms with E-state index in [1.807, 2.05) is 48.5 Å². The first-order valence-electron chi connectivity index (χ1n) is 6.99. The van der Waals surface area contributed by atoms with Gasteiger partial charge in [0, 0.05) is 24.3 Å². The van der Waals surface area contributed by atoms with Gasteiger partial charge in [0.1, 0.15) is 0 Å². The van der Waals surface area contributed by atoms with Crippen LogP contribution in [0.2, 0.25) is 0 Å². The quantitative estimate of drug-likeness (QED) is 0.338. The second-order valence-electron chi connectivity index (χ2n) is 4.66. The van der Waals surface area contributed by atoms with Crippen molar-refractivity contribution in [2.24, 2.45) is 5.73 Å². The van der Waals surface area contributed by atoms with Crippen molar-refractivity contribution in [1.82, 2.24) is 5.43 Å². The largest absolute Gasteiger partial charge is 0.398 e. The summed E-state index contributed by atoms with van der Waals surface area (Å²) in [5, 5.41) is 0. The van der Waals surface area contributed by atoms with Crippen molar-refractivity contribution >= 4 is 11.4 Å². The van der Waals surface area contributed by atoms with E-state index < -0.39 is 0 Å². The standard InChI is InChI=1S/C16H22N4O/c17-11-13-5-2-4-8-16(13)20-19-9-10-21-12-14-6-1-3-7-15(14)18/h1-8,19-20H,9-12,17-18H2. The van der Waals surface area contributed by atoms with Gasteiger partial charge in [0.15, 0.2) is 0 Å². The van der Waals surface area contributed by atoms with Gasteiger partial charge < -0.3 is 21.6 Å². The molecule has 0 bridgehead atoms. The van der Waals surface area contributed by atoms with Crippen LogP contribution in [0.3, 0.4) is 0 Å². The summed E-state index contributed by atoms with van der Waals surface area (Å²) in [6.07, 6.45) is 0. The van der Waals surface area contributed by atoms with Gasteiger partial charge in [-0.3, -0.25) is 0 Å². The van der Waals surface area contributed by atoms with Crippen LogP contribution in [-0.2, 0) is 17.9 Å². The van der Waals surface area contributed by atoms with Crippen LogP contribution in [0.25, 0.3) is 0 Å². The van der Waals surface area contributed by atoms with E-state index in [9.17, 15) is 0 Å². The highest BCUT2D eigenvalue weighted by Crippen LogP contribution is 2.13. The number of hydrazine groups is 1. The smallest absolute Gasteiger partial charge is 0.0737 e. The van der Waals surface area contributed by atoms with Gasteiger partial charge in [0.2, 0.25) is 0 Å². The minimum Gasteiger partial charge on any atom is -0.398 e. The molecule has 5 heteroatoms. The monoisotopic (exact) mass is 286 g/mol. The van der Waals surface area contributed by atoms with Crippen molar-refractivity contribution in [3.8, 4) is 0 Å². The number of ether oxygens (including phenoxy) is 1. The molecule has 6 N–H and O–H groups in total. The Balaban J connectivity index is 1.65. The van der Waals surface area contributed by atoms with Gasteiger partial charge in [-0.15, -0.1) is 0 Å². The van der Waals surface area contributed by atoms with Gasteiger partial charge in [-0.05, 0) is 17.7 Å². The van der Waals surface area contributed by atoms with Crippen molar-refractivity contribution < 1.29 is 4.74 Å². The molecule has 0 aliphatic carbocycles. The van der Waals surface area contributed by atoms with E-state index in [1.165, 1.54) is 0 Å². The Bertz CT molecular complexity index is 559. The van der Waals surface area contributed by atoms with Crippen LogP contribution in [0, 0.1) is 0 Å². The molecule has 0 spiro atoms. The van der Waals surface area contributed by atoms with E-state index in [4.69, 9.17) is 16.2 Å². The number of benzene rings is 2. The van der Waals surface area contributed by atoms with Gasteiger partial charge >= 0.3 is 0 Å². The molecule has 0 atom stereocenters. The number of nitrogens with two attached hydrogens (primary N) is 2. The summed E-state index contributed by atoms with van der Waals surface area (Å²) in [5.41, 5.74) is 21.6. The third-order valence-electron chi connectivity index (χ3n) is 3.14. The molecule has 2 aromatic carbocycles.